The molecule has 1 aliphatic rings. The van der Waals surface area contributed by atoms with Crippen LogP contribution >= 0.6 is 0 Å². The molecule has 4 rings (SSSR count). The Bertz CT molecular complexity index is 1040. The second-order valence-electron chi connectivity index (χ2n) is 6.89. The molecule has 2 aromatic heterocycles. The van der Waals surface area contributed by atoms with Gasteiger partial charge in [-0.25, -0.2) is 9.78 Å². The van der Waals surface area contributed by atoms with Crippen molar-refractivity contribution in [2.45, 2.75) is 6.92 Å². The minimum Gasteiger partial charge on any atom is -0.465 e. The van der Waals surface area contributed by atoms with Crippen LogP contribution in [0, 0.1) is 6.92 Å². The number of amides is 1. The number of carbonyl (C=O) groups is 2. The molecule has 9 heteroatoms. The summed E-state index contributed by atoms with van der Waals surface area (Å²) in [6.45, 7) is 4.28. The number of methoxy groups -OCH3 is 1. The maximum Gasteiger partial charge on any atom is 0.337 e. The van der Waals surface area contributed by atoms with Crippen LogP contribution in [0.1, 0.15) is 26.6 Å². The third kappa shape index (κ3) is 4.00. The van der Waals surface area contributed by atoms with Gasteiger partial charge >= 0.3 is 5.97 Å². The van der Waals surface area contributed by atoms with Crippen LogP contribution in [0.2, 0.25) is 0 Å². The van der Waals surface area contributed by atoms with Gasteiger partial charge in [0.2, 0.25) is 11.7 Å². The van der Waals surface area contributed by atoms with E-state index in [1.54, 1.807) is 42.3 Å². The zero-order chi connectivity index (χ0) is 21.1. The lowest BCUT2D eigenvalue weighted by Crippen LogP contribution is -2.49. The first kappa shape index (κ1) is 19.6. The molecule has 0 spiro atoms. The zero-order valence-electron chi connectivity index (χ0n) is 16.7. The Hall–Kier alpha value is -3.75. The van der Waals surface area contributed by atoms with Crippen LogP contribution in [0.5, 0.6) is 0 Å². The van der Waals surface area contributed by atoms with Gasteiger partial charge < -0.3 is 19.1 Å². The molecule has 1 saturated heterocycles. The van der Waals surface area contributed by atoms with Gasteiger partial charge in [0.15, 0.2) is 0 Å². The Morgan fingerprint density at radius 3 is 2.27 bits per heavy atom. The average molecular weight is 407 g/mol. The quantitative estimate of drug-likeness (QED) is 0.607. The molecule has 0 atom stereocenters. The van der Waals surface area contributed by atoms with E-state index in [4.69, 9.17) is 4.52 Å². The van der Waals surface area contributed by atoms with E-state index in [1.807, 2.05) is 12.1 Å². The SMILES string of the molecule is COC(=O)c1ccc(C(=O)N2CCN(c3ccc(-c4noc(C)n4)cn3)CC2)cc1. The Morgan fingerprint density at radius 2 is 1.70 bits per heavy atom. The summed E-state index contributed by atoms with van der Waals surface area (Å²) in [6, 6.07) is 10.3. The molecule has 154 valence electrons. The maximum atomic E-state index is 12.7. The topological polar surface area (TPSA) is 102 Å². The van der Waals surface area contributed by atoms with Gasteiger partial charge in [0.05, 0.1) is 12.7 Å². The summed E-state index contributed by atoms with van der Waals surface area (Å²) < 4.78 is 9.68. The standard InChI is InChI=1S/C21H21N5O4/c1-14-23-19(24-30-14)17-7-8-18(22-13-17)25-9-11-26(12-10-25)20(27)15-3-5-16(6-4-15)21(28)29-2/h3-8,13H,9-12H2,1-2H3. The number of rotatable bonds is 4. The van der Waals surface area contributed by atoms with E-state index in [2.05, 4.69) is 24.8 Å². The first-order chi connectivity index (χ1) is 14.5. The minimum atomic E-state index is -0.421. The second-order valence-corrected chi connectivity index (χ2v) is 6.89. The van der Waals surface area contributed by atoms with Crippen molar-refractivity contribution >= 4 is 17.7 Å². The average Bonchev–Trinajstić information content (AvgIpc) is 3.24. The molecule has 1 fully saturated rings. The van der Waals surface area contributed by atoms with Gasteiger partial charge in [0, 0.05) is 50.4 Å². The van der Waals surface area contributed by atoms with E-state index in [-0.39, 0.29) is 5.91 Å². The number of piperazine rings is 1. The molecule has 1 amide bonds. The molecule has 0 saturated carbocycles. The van der Waals surface area contributed by atoms with Crippen molar-refractivity contribution in [3.05, 3.63) is 59.6 Å². The monoisotopic (exact) mass is 407 g/mol. The number of hydrogen-bond acceptors (Lipinski definition) is 8. The molecule has 1 aliphatic heterocycles. The van der Waals surface area contributed by atoms with Crippen LogP contribution in [0.3, 0.4) is 0 Å². The molecule has 9 nitrogen and oxygen atoms in total. The lowest BCUT2D eigenvalue weighted by molar-refractivity contribution is 0.0599. The Labute approximate surface area is 173 Å². The summed E-state index contributed by atoms with van der Waals surface area (Å²) >= 11 is 0. The van der Waals surface area contributed by atoms with Crippen LogP contribution in [-0.2, 0) is 4.74 Å². The fourth-order valence-electron chi connectivity index (χ4n) is 3.31. The third-order valence-corrected chi connectivity index (χ3v) is 4.98. The Balaban J connectivity index is 1.36. The molecule has 30 heavy (non-hydrogen) atoms. The van der Waals surface area contributed by atoms with Gasteiger partial charge in [-0.05, 0) is 36.4 Å². The minimum absolute atomic E-state index is 0.0538. The highest BCUT2D eigenvalue weighted by Gasteiger charge is 2.23. The van der Waals surface area contributed by atoms with Gasteiger partial charge in [-0.2, -0.15) is 4.98 Å². The normalized spacial score (nSPS) is 13.9. The van der Waals surface area contributed by atoms with Crippen molar-refractivity contribution in [2.24, 2.45) is 0 Å². The highest BCUT2D eigenvalue weighted by Crippen LogP contribution is 2.20. The number of benzene rings is 1. The molecule has 0 radical (unpaired) electrons. The van der Waals surface area contributed by atoms with Crippen molar-refractivity contribution in [2.75, 3.05) is 38.2 Å². The van der Waals surface area contributed by atoms with Crippen molar-refractivity contribution in [1.82, 2.24) is 20.0 Å². The van der Waals surface area contributed by atoms with E-state index in [0.717, 1.165) is 11.4 Å². The number of ether oxygens (including phenoxy) is 1. The second kappa shape index (κ2) is 8.32. The number of carbonyl (C=O) groups excluding carboxylic acids is 2. The Morgan fingerprint density at radius 1 is 1.00 bits per heavy atom. The lowest BCUT2D eigenvalue weighted by Gasteiger charge is -2.35. The summed E-state index contributed by atoms with van der Waals surface area (Å²) in [4.78, 5) is 36.9. The Kier molecular flexibility index (Phi) is 5.42. The summed E-state index contributed by atoms with van der Waals surface area (Å²) in [6.07, 6.45) is 1.72. The molecular weight excluding hydrogens is 386 g/mol. The van der Waals surface area contributed by atoms with Crippen molar-refractivity contribution < 1.29 is 18.8 Å². The number of aromatic nitrogens is 3. The van der Waals surface area contributed by atoms with Crippen LogP contribution in [0.15, 0.2) is 47.1 Å². The summed E-state index contributed by atoms with van der Waals surface area (Å²) in [5, 5.41) is 3.90. The van der Waals surface area contributed by atoms with Gasteiger partial charge in [-0.3, -0.25) is 4.79 Å². The molecule has 0 bridgehead atoms. The van der Waals surface area contributed by atoms with Crippen molar-refractivity contribution in [3.8, 4) is 11.4 Å². The molecule has 3 aromatic rings. The molecule has 0 unspecified atom stereocenters. The maximum absolute atomic E-state index is 12.7. The van der Waals surface area contributed by atoms with E-state index in [9.17, 15) is 9.59 Å². The lowest BCUT2D eigenvalue weighted by atomic mass is 10.1. The number of hydrogen-bond donors (Lipinski definition) is 0. The number of anilines is 1. The molecule has 1 aromatic carbocycles. The van der Waals surface area contributed by atoms with Crippen LogP contribution in [0.4, 0.5) is 5.82 Å². The summed E-state index contributed by atoms with van der Waals surface area (Å²) in [7, 11) is 1.33. The molecular formula is C21H21N5O4. The fourth-order valence-corrected chi connectivity index (χ4v) is 3.31. The predicted octanol–water partition coefficient (Wildman–Crippen LogP) is 2.19. The summed E-state index contributed by atoms with van der Waals surface area (Å²) in [5.41, 5.74) is 1.76. The van der Waals surface area contributed by atoms with Crippen LogP contribution in [-0.4, -0.2) is 65.2 Å². The number of pyridine rings is 1. The number of esters is 1. The molecule has 3 heterocycles. The summed E-state index contributed by atoms with van der Waals surface area (Å²) in [5.74, 6) is 1.39. The highest BCUT2D eigenvalue weighted by atomic mass is 16.5. The van der Waals surface area contributed by atoms with Crippen molar-refractivity contribution in [3.63, 3.8) is 0 Å². The third-order valence-electron chi connectivity index (χ3n) is 4.98. The smallest absolute Gasteiger partial charge is 0.337 e. The van der Waals surface area contributed by atoms with E-state index in [1.165, 1.54) is 7.11 Å². The van der Waals surface area contributed by atoms with Gasteiger partial charge in [0.1, 0.15) is 5.82 Å². The van der Waals surface area contributed by atoms with E-state index >= 15 is 0 Å². The largest absolute Gasteiger partial charge is 0.465 e. The van der Waals surface area contributed by atoms with E-state index < -0.39 is 5.97 Å². The molecule has 0 aliphatic carbocycles. The fraction of sp³-hybridized carbons (Fsp3) is 0.286. The highest BCUT2D eigenvalue weighted by molar-refractivity contribution is 5.96. The predicted molar refractivity (Wildman–Crippen MR) is 108 cm³/mol. The van der Waals surface area contributed by atoms with Gasteiger partial charge in [-0.15, -0.1) is 0 Å². The van der Waals surface area contributed by atoms with Crippen molar-refractivity contribution in [1.29, 1.82) is 0 Å². The van der Waals surface area contributed by atoms with Crippen LogP contribution < -0.4 is 4.90 Å². The first-order valence-corrected chi connectivity index (χ1v) is 9.54. The number of nitrogens with zero attached hydrogens (tertiary/aromatic N) is 5. The van der Waals surface area contributed by atoms with E-state index in [0.29, 0.717) is 49.0 Å². The van der Waals surface area contributed by atoms with Gasteiger partial charge in [0.25, 0.3) is 5.91 Å². The van der Waals surface area contributed by atoms with Crippen LogP contribution in [0.25, 0.3) is 11.4 Å². The molecule has 0 N–H and O–H groups in total. The zero-order valence-corrected chi connectivity index (χ0v) is 16.7. The first-order valence-electron chi connectivity index (χ1n) is 9.54. The number of aryl methyl sites for hydroxylation is 1. The van der Waals surface area contributed by atoms with Gasteiger partial charge in [-0.1, -0.05) is 5.16 Å².